The highest BCUT2D eigenvalue weighted by atomic mass is 32.2. The van der Waals surface area contributed by atoms with Crippen LogP contribution < -0.4 is 5.32 Å². The number of ether oxygens (including phenoxy) is 1. The second-order valence-corrected chi connectivity index (χ2v) is 6.12. The molecular formula is C16H20N4OS. The van der Waals surface area contributed by atoms with Crippen molar-refractivity contribution in [1.82, 2.24) is 10.2 Å². The van der Waals surface area contributed by atoms with Gasteiger partial charge in [-0.15, -0.1) is 11.8 Å². The zero-order valence-corrected chi connectivity index (χ0v) is 13.5. The van der Waals surface area contributed by atoms with Crippen molar-refractivity contribution in [2.75, 3.05) is 32.6 Å². The van der Waals surface area contributed by atoms with Gasteiger partial charge in [0.05, 0.1) is 18.2 Å². The van der Waals surface area contributed by atoms with Gasteiger partial charge in [-0.1, -0.05) is 18.2 Å². The molecule has 0 bridgehead atoms. The zero-order valence-electron chi connectivity index (χ0n) is 12.7. The van der Waals surface area contributed by atoms with Crippen molar-refractivity contribution in [1.29, 1.82) is 5.26 Å². The minimum atomic E-state index is -0.103. The first kappa shape index (κ1) is 15.2. The molecule has 3 aliphatic rings. The Kier molecular flexibility index (Phi) is 4.86. The van der Waals surface area contributed by atoms with Gasteiger partial charge in [0, 0.05) is 13.1 Å². The average molecular weight is 316 g/mol. The molecule has 1 N–H and O–H groups in total. The summed E-state index contributed by atoms with van der Waals surface area (Å²) in [6, 6.07) is 2.32. The fraction of sp³-hybridized carbons (Fsp3) is 0.500. The van der Waals surface area contributed by atoms with Gasteiger partial charge in [0.25, 0.3) is 0 Å². The van der Waals surface area contributed by atoms with Gasteiger partial charge in [0.2, 0.25) is 0 Å². The van der Waals surface area contributed by atoms with Crippen LogP contribution in [0.25, 0.3) is 0 Å². The van der Waals surface area contributed by atoms with Gasteiger partial charge < -0.3 is 15.0 Å². The number of hydrogen-bond donors (Lipinski definition) is 1. The lowest BCUT2D eigenvalue weighted by Gasteiger charge is -2.34. The van der Waals surface area contributed by atoms with E-state index in [0.717, 1.165) is 36.8 Å². The molecule has 5 nitrogen and oxygen atoms in total. The fourth-order valence-corrected chi connectivity index (χ4v) is 3.36. The fourth-order valence-electron chi connectivity index (χ4n) is 2.79. The summed E-state index contributed by atoms with van der Waals surface area (Å²) in [4.78, 5) is 7.01. The van der Waals surface area contributed by atoms with Crippen LogP contribution in [0.3, 0.4) is 0 Å². The maximum atomic E-state index is 9.56. The van der Waals surface area contributed by atoms with E-state index in [1.54, 1.807) is 11.8 Å². The van der Waals surface area contributed by atoms with Crippen LogP contribution >= 0.6 is 11.8 Å². The van der Waals surface area contributed by atoms with Crippen molar-refractivity contribution in [3.63, 3.8) is 0 Å². The minimum absolute atomic E-state index is 0.103. The molecule has 0 radical (unpaired) electrons. The maximum Gasteiger partial charge on any atom is 0.147 e. The van der Waals surface area contributed by atoms with Gasteiger partial charge in [-0.3, -0.25) is 0 Å². The number of thioether (sulfide) groups is 1. The third-order valence-electron chi connectivity index (χ3n) is 3.94. The molecule has 1 atom stereocenters. The summed E-state index contributed by atoms with van der Waals surface area (Å²) in [6.45, 7) is 2.95. The molecule has 0 aromatic heterocycles. The van der Waals surface area contributed by atoms with Crippen LogP contribution in [0.5, 0.6) is 0 Å². The highest BCUT2D eigenvalue weighted by Crippen LogP contribution is 2.26. The topological polar surface area (TPSA) is 60.7 Å². The number of nitriles is 1. The van der Waals surface area contributed by atoms with Crippen molar-refractivity contribution in [2.24, 2.45) is 4.99 Å². The maximum absolute atomic E-state index is 9.56. The molecule has 1 saturated heterocycles. The van der Waals surface area contributed by atoms with E-state index in [-0.39, 0.29) is 6.17 Å². The van der Waals surface area contributed by atoms with Gasteiger partial charge in [0.15, 0.2) is 0 Å². The number of morpholine rings is 1. The Morgan fingerprint density at radius 3 is 2.86 bits per heavy atom. The summed E-state index contributed by atoms with van der Waals surface area (Å²) in [5.74, 6) is 0.804. The molecule has 0 amide bonds. The summed E-state index contributed by atoms with van der Waals surface area (Å²) in [6.07, 6.45) is 10.6. The first-order chi connectivity index (χ1) is 10.8. The lowest BCUT2D eigenvalue weighted by molar-refractivity contribution is 0.0679. The van der Waals surface area contributed by atoms with Crippen LogP contribution in [0, 0.1) is 11.3 Å². The van der Waals surface area contributed by atoms with Gasteiger partial charge in [-0.2, -0.15) is 5.26 Å². The van der Waals surface area contributed by atoms with Gasteiger partial charge >= 0.3 is 0 Å². The molecule has 22 heavy (non-hydrogen) atoms. The Morgan fingerprint density at radius 2 is 2.23 bits per heavy atom. The van der Waals surface area contributed by atoms with Crippen molar-refractivity contribution in [3.05, 3.63) is 34.4 Å². The molecule has 0 spiro atoms. The van der Waals surface area contributed by atoms with E-state index >= 15 is 0 Å². The number of nitrogens with one attached hydrogen (secondary N) is 1. The first-order valence-electron chi connectivity index (χ1n) is 7.56. The second-order valence-electron chi connectivity index (χ2n) is 5.30. The molecule has 116 valence electrons. The van der Waals surface area contributed by atoms with Crippen LogP contribution in [0.1, 0.15) is 12.8 Å². The molecule has 3 rings (SSSR count). The molecule has 2 aliphatic heterocycles. The van der Waals surface area contributed by atoms with E-state index in [1.165, 1.54) is 5.57 Å². The number of hydrogen-bond acceptors (Lipinski definition) is 6. The number of allylic oxidation sites excluding steroid dienone is 2. The summed E-state index contributed by atoms with van der Waals surface area (Å²) in [5.41, 5.74) is 1.83. The predicted octanol–water partition coefficient (Wildman–Crippen LogP) is 2.02. The smallest absolute Gasteiger partial charge is 0.147 e. The first-order valence-corrected chi connectivity index (χ1v) is 8.78. The van der Waals surface area contributed by atoms with E-state index in [1.807, 2.05) is 6.26 Å². The standard InChI is InChI=1S/C16H20N4OS/c1-22-16-13(11-17)15(20-7-9-21-10-8-20)18-14(19-16)12-5-3-2-4-6-12/h3,5-6,14,19H,2,4,7-10H2,1H3. The molecule has 0 saturated carbocycles. The molecular weight excluding hydrogens is 296 g/mol. The average Bonchev–Trinajstić information content (AvgIpc) is 2.62. The number of nitrogens with zero attached hydrogens (tertiary/aromatic N) is 3. The normalized spacial score (nSPS) is 25.3. The number of amidine groups is 1. The molecule has 0 aromatic rings. The van der Waals surface area contributed by atoms with Gasteiger partial charge in [-0.25, -0.2) is 4.99 Å². The predicted molar refractivity (Wildman–Crippen MR) is 89.4 cm³/mol. The lowest BCUT2D eigenvalue weighted by atomic mass is 10.0. The van der Waals surface area contributed by atoms with Crippen molar-refractivity contribution in [3.8, 4) is 6.07 Å². The van der Waals surface area contributed by atoms with E-state index in [0.29, 0.717) is 18.8 Å². The Morgan fingerprint density at radius 1 is 1.41 bits per heavy atom. The Balaban J connectivity index is 1.94. The van der Waals surface area contributed by atoms with E-state index in [9.17, 15) is 5.26 Å². The number of rotatable bonds is 2. The van der Waals surface area contributed by atoms with Crippen LogP contribution in [-0.2, 0) is 4.74 Å². The summed E-state index contributed by atoms with van der Waals surface area (Å²) >= 11 is 1.57. The third kappa shape index (κ3) is 3.06. The molecule has 1 unspecified atom stereocenters. The zero-order chi connectivity index (χ0) is 15.4. The van der Waals surface area contributed by atoms with Gasteiger partial charge in [-0.05, 0) is 24.7 Å². The second kappa shape index (κ2) is 7.03. The Bertz CT molecular complexity index is 594. The largest absolute Gasteiger partial charge is 0.378 e. The van der Waals surface area contributed by atoms with Crippen molar-refractivity contribution >= 4 is 17.6 Å². The van der Waals surface area contributed by atoms with Crippen molar-refractivity contribution in [2.45, 2.75) is 19.0 Å². The van der Waals surface area contributed by atoms with Crippen LogP contribution in [0.4, 0.5) is 0 Å². The monoisotopic (exact) mass is 316 g/mol. The Hall–Kier alpha value is -1.71. The summed E-state index contributed by atoms with van der Waals surface area (Å²) in [7, 11) is 0. The van der Waals surface area contributed by atoms with Crippen molar-refractivity contribution < 1.29 is 4.74 Å². The molecule has 6 heteroatoms. The molecule has 0 aromatic carbocycles. The van der Waals surface area contributed by atoms with Crippen LogP contribution in [-0.4, -0.2) is 49.5 Å². The minimum Gasteiger partial charge on any atom is -0.378 e. The molecule has 1 aliphatic carbocycles. The highest BCUT2D eigenvalue weighted by Gasteiger charge is 2.29. The number of aliphatic imine (C=N–C) groups is 1. The summed E-state index contributed by atoms with van der Waals surface area (Å²) in [5, 5.41) is 13.9. The quantitative estimate of drug-likeness (QED) is 0.844. The lowest BCUT2D eigenvalue weighted by Crippen LogP contribution is -2.46. The van der Waals surface area contributed by atoms with E-state index in [4.69, 9.17) is 9.73 Å². The molecule has 1 fully saturated rings. The summed E-state index contributed by atoms with van der Waals surface area (Å²) < 4.78 is 5.42. The van der Waals surface area contributed by atoms with E-state index < -0.39 is 0 Å². The Labute approximate surface area is 135 Å². The van der Waals surface area contributed by atoms with Gasteiger partial charge in [0.1, 0.15) is 23.6 Å². The third-order valence-corrected chi connectivity index (χ3v) is 4.67. The molecule has 2 heterocycles. The SMILES string of the molecule is CSC1=C(C#N)C(N2CCOCC2)=NC(C2=CCCC=C2)N1. The van der Waals surface area contributed by atoms with E-state index in [2.05, 4.69) is 34.5 Å². The van der Waals surface area contributed by atoms with Crippen LogP contribution in [0.15, 0.2) is 39.4 Å². The highest BCUT2D eigenvalue weighted by molar-refractivity contribution is 8.02. The van der Waals surface area contributed by atoms with Crippen LogP contribution in [0.2, 0.25) is 0 Å².